The maximum absolute atomic E-state index is 12.9. The van der Waals surface area contributed by atoms with Crippen LogP contribution in [0.4, 0.5) is 0 Å². The van der Waals surface area contributed by atoms with Crippen LogP contribution in [0.1, 0.15) is 49.3 Å². The molecule has 0 unspecified atom stereocenters. The summed E-state index contributed by atoms with van der Waals surface area (Å²) in [5, 5.41) is 17.2. The lowest BCUT2D eigenvalue weighted by Gasteiger charge is -2.20. The number of hydrogen-bond donors (Lipinski definition) is 1. The molecule has 1 amide bonds. The van der Waals surface area contributed by atoms with Gasteiger partial charge in [-0.15, -0.1) is 0 Å². The number of amides is 1. The first-order chi connectivity index (χ1) is 16.5. The molecule has 7 heteroatoms. The highest BCUT2D eigenvalue weighted by Crippen LogP contribution is 2.31. The first-order valence-electron chi connectivity index (χ1n) is 11.7. The Bertz CT molecular complexity index is 1380. The summed E-state index contributed by atoms with van der Waals surface area (Å²) in [5.74, 6) is -0.298. The van der Waals surface area contributed by atoms with Gasteiger partial charge in [0.2, 0.25) is 5.17 Å². The van der Waals surface area contributed by atoms with E-state index in [1.165, 1.54) is 27.9 Å². The number of carbonyl (C=O) groups is 1. The van der Waals surface area contributed by atoms with Gasteiger partial charge in [0.05, 0.1) is 5.57 Å². The number of nitrogens with one attached hydrogen (secondary N) is 1. The molecule has 6 nitrogen and oxygen atoms in total. The predicted molar refractivity (Wildman–Crippen MR) is 141 cm³/mol. The molecule has 0 bridgehead atoms. The van der Waals surface area contributed by atoms with Gasteiger partial charge in [0.1, 0.15) is 5.04 Å². The number of hydrazone groups is 1. The van der Waals surface area contributed by atoms with Crippen molar-refractivity contribution in [2.75, 3.05) is 0 Å². The first-order valence-corrected chi connectivity index (χ1v) is 12.5. The van der Waals surface area contributed by atoms with Crippen molar-refractivity contribution in [2.45, 2.75) is 46.1 Å². The molecule has 5 rings (SSSR count). The molecule has 34 heavy (non-hydrogen) atoms. The fraction of sp³-hybridized carbons (Fsp3) is 0.259. The summed E-state index contributed by atoms with van der Waals surface area (Å²) in [6.07, 6.45) is 8.02. The molecular formula is C27H27N5OS. The molecule has 3 aromatic rings. The average molecular weight is 470 g/mol. The van der Waals surface area contributed by atoms with E-state index in [2.05, 4.69) is 71.1 Å². The lowest BCUT2D eigenvalue weighted by Crippen LogP contribution is -2.35. The lowest BCUT2D eigenvalue weighted by molar-refractivity contribution is -0.114. The van der Waals surface area contributed by atoms with Crippen LogP contribution in [0, 0.1) is 12.3 Å². The van der Waals surface area contributed by atoms with Gasteiger partial charge in [0, 0.05) is 29.2 Å². The van der Waals surface area contributed by atoms with E-state index in [0.717, 1.165) is 53.7 Å². The largest absolute Gasteiger partial charge is 0.342 e. The maximum Gasteiger partial charge on any atom is 0.283 e. The Morgan fingerprint density at radius 3 is 2.79 bits per heavy atom. The molecule has 1 N–H and O–H groups in total. The second kappa shape index (κ2) is 9.43. The monoisotopic (exact) mass is 469 g/mol. The lowest BCUT2D eigenvalue weighted by atomic mass is 10.1. The smallest absolute Gasteiger partial charge is 0.283 e. The Hall–Kier alpha value is -3.45. The van der Waals surface area contributed by atoms with Crippen molar-refractivity contribution in [1.29, 1.82) is 5.41 Å². The van der Waals surface area contributed by atoms with Crippen LogP contribution in [0.5, 0.6) is 0 Å². The van der Waals surface area contributed by atoms with Crippen molar-refractivity contribution in [3.05, 3.63) is 77.0 Å². The van der Waals surface area contributed by atoms with E-state index >= 15 is 0 Å². The van der Waals surface area contributed by atoms with Crippen LogP contribution in [0.15, 0.2) is 70.4 Å². The number of aliphatic imine (C=N–C) groups is 1. The minimum atomic E-state index is -0.385. The van der Waals surface area contributed by atoms with Crippen molar-refractivity contribution < 1.29 is 4.79 Å². The third-order valence-electron chi connectivity index (χ3n) is 6.05. The van der Waals surface area contributed by atoms with E-state index in [9.17, 15) is 4.79 Å². The highest BCUT2D eigenvalue weighted by molar-refractivity contribution is 8.26. The third kappa shape index (κ3) is 4.35. The SMILES string of the molecule is CCCCCC1=NN2C(=N)C(=Cc3cn(Cc4cccc(C)c4)c4ccccc34)C(=O)N=C2S1. The van der Waals surface area contributed by atoms with Gasteiger partial charge in [0.15, 0.2) is 5.84 Å². The molecule has 2 aliphatic rings. The Kier molecular flexibility index (Phi) is 6.20. The molecule has 0 saturated carbocycles. The summed E-state index contributed by atoms with van der Waals surface area (Å²) >= 11 is 1.40. The number of rotatable bonds is 7. The van der Waals surface area contributed by atoms with E-state index in [-0.39, 0.29) is 17.3 Å². The van der Waals surface area contributed by atoms with Gasteiger partial charge in [-0.05, 0) is 49.2 Å². The summed E-state index contributed by atoms with van der Waals surface area (Å²) in [7, 11) is 0. The van der Waals surface area contributed by atoms with Crippen molar-refractivity contribution >= 4 is 50.7 Å². The van der Waals surface area contributed by atoms with Crippen LogP contribution in [-0.4, -0.2) is 31.5 Å². The van der Waals surface area contributed by atoms with Crippen molar-refractivity contribution in [3.63, 3.8) is 0 Å². The number of nitrogens with zero attached hydrogens (tertiary/aromatic N) is 4. The number of unbranched alkanes of at least 4 members (excludes halogenated alkanes) is 2. The summed E-state index contributed by atoms with van der Waals surface area (Å²) in [6, 6.07) is 16.6. The summed E-state index contributed by atoms with van der Waals surface area (Å²) in [5.41, 5.74) is 4.69. The number of fused-ring (bicyclic) bond motifs is 2. The van der Waals surface area contributed by atoms with Gasteiger partial charge < -0.3 is 4.57 Å². The topological polar surface area (TPSA) is 73.8 Å². The Balaban J connectivity index is 1.48. The molecule has 1 aromatic heterocycles. The molecule has 3 heterocycles. The number of para-hydroxylation sites is 1. The highest BCUT2D eigenvalue weighted by Gasteiger charge is 2.35. The number of benzene rings is 2. The minimum Gasteiger partial charge on any atom is -0.342 e. The van der Waals surface area contributed by atoms with Crippen molar-refractivity contribution in [1.82, 2.24) is 9.58 Å². The number of thioether (sulfide) groups is 1. The zero-order chi connectivity index (χ0) is 23.7. The average Bonchev–Trinajstić information content (AvgIpc) is 3.38. The molecule has 0 spiro atoms. The number of aromatic nitrogens is 1. The van der Waals surface area contributed by atoms with E-state index in [1.807, 2.05) is 12.1 Å². The fourth-order valence-electron chi connectivity index (χ4n) is 4.34. The molecule has 0 aliphatic carbocycles. The Labute approximate surface area is 203 Å². The van der Waals surface area contributed by atoms with Gasteiger partial charge in [-0.25, -0.2) is 0 Å². The van der Waals surface area contributed by atoms with Crippen molar-refractivity contribution in [3.8, 4) is 0 Å². The quantitative estimate of drug-likeness (QED) is 0.331. The van der Waals surface area contributed by atoms with Crippen LogP contribution in [0.3, 0.4) is 0 Å². The zero-order valence-corrected chi connectivity index (χ0v) is 20.2. The number of hydrogen-bond acceptors (Lipinski definition) is 4. The van der Waals surface area contributed by atoms with Crippen LogP contribution in [0.25, 0.3) is 17.0 Å². The summed E-state index contributed by atoms with van der Waals surface area (Å²) in [6.45, 7) is 4.99. The second-order valence-corrected chi connectivity index (χ2v) is 9.73. The van der Waals surface area contributed by atoms with Gasteiger partial charge in [0.25, 0.3) is 5.91 Å². The van der Waals surface area contributed by atoms with Gasteiger partial charge >= 0.3 is 0 Å². The van der Waals surface area contributed by atoms with E-state index in [4.69, 9.17) is 5.41 Å². The van der Waals surface area contributed by atoms with Crippen LogP contribution in [-0.2, 0) is 11.3 Å². The van der Waals surface area contributed by atoms with Gasteiger partial charge in [-0.2, -0.15) is 15.1 Å². The summed E-state index contributed by atoms with van der Waals surface area (Å²) < 4.78 is 2.19. The molecule has 0 atom stereocenters. The van der Waals surface area contributed by atoms with Gasteiger partial charge in [-0.3, -0.25) is 10.2 Å². The zero-order valence-electron chi connectivity index (χ0n) is 19.4. The van der Waals surface area contributed by atoms with Crippen LogP contribution in [0.2, 0.25) is 0 Å². The predicted octanol–water partition coefficient (Wildman–Crippen LogP) is 6.20. The number of aryl methyl sites for hydroxylation is 1. The summed E-state index contributed by atoms with van der Waals surface area (Å²) in [4.78, 5) is 17.1. The first kappa shape index (κ1) is 22.3. The van der Waals surface area contributed by atoms with E-state index in [0.29, 0.717) is 5.17 Å². The Morgan fingerprint density at radius 2 is 1.97 bits per heavy atom. The minimum absolute atomic E-state index is 0.0866. The van der Waals surface area contributed by atoms with E-state index in [1.54, 1.807) is 6.08 Å². The van der Waals surface area contributed by atoms with Crippen LogP contribution < -0.4 is 0 Å². The maximum atomic E-state index is 12.9. The second-order valence-electron chi connectivity index (χ2n) is 8.69. The normalized spacial score (nSPS) is 16.9. The van der Waals surface area contributed by atoms with Gasteiger partial charge in [-0.1, -0.05) is 67.8 Å². The molecule has 0 radical (unpaired) electrons. The number of carbonyl (C=O) groups excluding carboxylic acids is 1. The standard InChI is InChI=1S/C27H27N5OS/c1-3-4-5-13-24-30-32-25(28)22(26(33)29-27(32)34-24)15-20-17-31(23-12-7-6-11-21(20)23)16-19-10-8-9-18(2)14-19/h6-12,14-15,17,28H,3-5,13,16H2,1-2H3. The number of amidine groups is 2. The molecular weight excluding hydrogens is 442 g/mol. The highest BCUT2D eigenvalue weighted by atomic mass is 32.2. The molecule has 2 aliphatic heterocycles. The Morgan fingerprint density at radius 1 is 1.12 bits per heavy atom. The molecule has 172 valence electrons. The molecule has 2 aromatic carbocycles. The molecule has 0 fully saturated rings. The molecule has 0 saturated heterocycles. The van der Waals surface area contributed by atoms with Crippen molar-refractivity contribution in [2.24, 2.45) is 10.1 Å². The van der Waals surface area contributed by atoms with Crippen LogP contribution >= 0.6 is 11.8 Å². The fourth-order valence-corrected chi connectivity index (χ4v) is 5.27. The third-order valence-corrected chi connectivity index (χ3v) is 7.01. The van der Waals surface area contributed by atoms with E-state index < -0.39 is 0 Å².